The van der Waals surface area contributed by atoms with E-state index in [9.17, 15) is 0 Å². The molecule has 0 saturated carbocycles. The van der Waals surface area contributed by atoms with Gasteiger partial charge in [0.05, 0.1) is 0 Å². The number of rotatable bonds is 4. The van der Waals surface area contributed by atoms with Gasteiger partial charge in [-0.1, -0.05) is 13.8 Å². The van der Waals surface area contributed by atoms with Crippen molar-refractivity contribution in [3.05, 3.63) is 0 Å². The molecule has 0 aromatic rings. The predicted octanol–water partition coefficient (Wildman–Crippen LogP) is 0.997. The summed E-state index contributed by atoms with van der Waals surface area (Å²) in [5.74, 6) is 0. The smallest absolute Gasteiger partial charge is 0.0168 e. The summed E-state index contributed by atoms with van der Waals surface area (Å²) in [5, 5.41) is 0. The number of piperidine rings is 1. The highest BCUT2D eigenvalue weighted by molar-refractivity contribution is 4.81. The van der Waals surface area contributed by atoms with E-state index in [-0.39, 0.29) is 0 Å². The van der Waals surface area contributed by atoms with Crippen LogP contribution in [0.4, 0.5) is 0 Å². The molecule has 1 heterocycles. The lowest BCUT2D eigenvalue weighted by Crippen LogP contribution is -2.48. The highest BCUT2D eigenvalue weighted by Gasteiger charge is 2.25. The first kappa shape index (κ1) is 12.9. The van der Waals surface area contributed by atoms with Gasteiger partial charge in [0.15, 0.2) is 0 Å². The summed E-state index contributed by atoms with van der Waals surface area (Å²) < 4.78 is 0. The van der Waals surface area contributed by atoms with Crippen molar-refractivity contribution in [3.63, 3.8) is 0 Å². The van der Waals surface area contributed by atoms with Crippen LogP contribution in [0.2, 0.25) is 0 Å². The van der Waals surface area contributed by atoms with Crippen LogP contribution in [-0.4, -0.2) is 56.1 Å². The second-order valence-electron chi connectivity index (χ2n) is 6.04. The third-order valence-electron chi connectivity index (χ3n) is 2.94. The SMILES string of the molecule is CN(C)CC(C)(C)CN1CCCC(N)C1. The average molecular weight is 213 g/mol. The Kier molecular flexibility index (Phi) is 4.56. The van der Waals surface area contributed by atoms with Gasteiger partial charge in [0.2, 0.25) is 0 Å². The van der Waals surface area contributed by atoms with Crippen LogP contribution in [0.5, 0.6) is 0 Å². The molecule has 1 atom stereocenters. The van der Waals surface area contributed by atoms with Gasteiger partial charge in [0.25, 0.3) is 0 Å². The standard InChI is InChI=1S/C12H27N3/c1-12(2,9-14(3)4)10-15-7-5-6-11(13)8-15/h11H,5-10,13H2,1-4H3. The van der Waals surface area contributed by atoms with Gasteiger partial charge in [0, 0.05) is 25.7 Å². The molecule has 0 amide bonds. The molecular weight excluding hydrogens is 186 g/mol. The Bertz CT molecular complexity index is 189. The Morgan fingerprint density at radius 2 is 2.07 bits per heavy atom. The molecule has 1 rings (SSSR count). The van der Waals surface area contributed by atoms with Gasteiger partial charge in [-0.3, -0.25) is 0 Å². The molecule has 1 saturated heterocycles. The van der Waals surface area contributed by atoms with E-state index in [4.69, 9.17) is 5.73 Å². The van der Waals surface area contributed by atoms with Gasteiger partial charge in [-0.05, 0) is 38.9 Å². The molecular formula is C12H27N3. The normalized spacial score (nSPS) is 24.8. The summed E-state index contributed by atoms with van der Waals surface area (Å²) in [7, 11) is 4.29. The fraction of sp³-hybridized carbons (Fsp3) is 1.00. The molecule has 1 fully saturated rings. The number of hydrogen-bond donors (Lipinski definition) is 1. The van der Waals surface area contributed by atoms with Crippen molar-refractivity contribution in [2.24, 2.45) is 11.1 Å². The van der Waals surface area contributed by atoms with Crippen LogP contribution >= 0.6 is 0 Å². The van der Waals surface area contributed by atoms with Crippen molar-refractivity contribution >= 4 is 0 Å². The molecule has 90 valence electrons. The molecule has 3 heteroatoms. The highest BCUT2D eigenvalue weighted by Crippen LogP contribution is 2.20. The summed E-state index contributed by atoms with van der Waals surface area (Å²) in [5.41, 5.74) is 6.35. The van der Waals surface area contributed by atoms with Gasteiger partial charge in [0.1, 0.15) is 0 Å². The predicted molar refractivity (Wildman–Crippen MR) is 66.0 cm³/mol. The van der Waals surface area contributed by atoms with Crippen LogP contribution in [0.15, 0.2) is 0 Å². The zero-order valence-corrected chi connectivity index (χ0v) is 10.8. The lowest BCUT2D eigenvalue weighted by molar-refractivity contribution is 0.119. The molecule has 0 bridgehead atoms. The quantitative estimate of drug-likeness (QED) is 0.756. The van der Waals surface area contributed by atoms with E-state index in [1.54, 1.807) is 0 Å². The van der Waals surface area contributed by atoms with Gasteiger partial charge >= 0.3 is 0 Å². The number of likely N-dealkylation sites (tertiary alicyclic amines) is 1. The van der Waals surface area contributed by atoms with E-state index >= 15 is 0 Å². The Hall–Kier alpha value is -0.120. The van der Waals surface area contributed by atoms with E-state index in [1.807, 2.05) is 0 Å². The molecule has 2 N–H and O–H groups in total. The number of hydrogen-bond acceptors (Lipinski definition) is 3. The fourth-order valence-electron chi connectivity index (χ4n) is 2.75. The van der Waals surface area contributed by atoms with E-state index in [0.29, 0.717) is 11.5 Å². The van der Waals surface area contributed by atoms with Crippen LogP contribution in [0.25, 0.3) is 0 Å². The van der Waals surface area contributed by atoms with Gasteiger partial charge in [-0.25, -0.2) is 0 Å². The van der Waals surface area contributed by atoms with Gasteiger partial charge < -0.3 is 15.5 Å². The molecule has 15 heavy (non-hydrogen) atoms. The lowest BCUT2D eigenvalue weighted by Gasteiger charge is -2.38. The molecule has 1 unspecified atom stereocenters. The minimum absolute atomic E-state index is 0.362. The van der Waals surface area contributed by atoms with Crippen molar-refractivity contribution < 1.29 is 0 Å². The van der Waals surface area contributed by atoms with Crippen LogP contribution in [0, 0.1) is 5.41 Å². The second kappa shape index (κ2) is 5.28. The molecule has 0 aliphatic carbocycles. The van der Waals surface area contributed by atoms with E-state index in [2.05, 4.69) is 37.7 Å². The van der Waals surface area contributed by atoms with Crippen molar-refractivity contribution in [1.82, 2.24) is 9.80 Å². The minimum Gasteiger partial charge on any atom is -0.327 e. The van der Waals surface area contributed by atoms with Crippen LogP contribution in [-0.2, 0) is 0 Å². The minimum atomic E-state index is 0.362. The van der Waals surface area contributed by atoms with E-state index < -0.39 is 0 Å². The molecule has 0 aromatic carbocycles. The first-order chi connectivity index (χ1) is 6.89. The second-order valence-corrected chi connectivity index (χ2v) is 6.04. The Labute approximate surface area is 94.6 Å². The largest absolute Gasteiger partial charge is 0.327 e. The van der Waals surface area contributed by atoms with Crippen molar-refractivity contribution in [2.75, 3.05) is 40.3 Å². The average Bonchev–Trinajstić information content (AvgIpc) is 1.99. The maximum atomic E-state index is 5.99. The summed E-state index contributed by atoms with van der Waals surface area (Å²) in [6, 6.07) is 0.397. The summed E-state index contributed by atoms with van der Waals surface area (Å²) >= 11 is 0. The number of nitrogens with two attached hydrogens (primary N) is 1. The molecule has 3 nitrogen and oxygen atoms in total. The van der Waals surface area contributed by atoms with Crippen LogP contribution in [0.1, 0.15) is 26.7 Å². The third kappa shape index (κ3) is 4.96. The monoisotopic (exact) mass is 213 g/mol. The Morgan fingerprint density at radius 3 is 2.60 bits per heavy atom. The Morgan fingerprint density at radius 1 is 1.40 bits per heavy atom. The van der Waals surface area contributed by atoms with Crippen molar-refractivity contribution in [3.8, 4) is 0 Å². The fourth-order valence-corrected chi connectivity index (χ4v) is 2.75. The van der Waals surface area contributed by atoms with E-state index in [0.717, 1.165) is 13.1 Å². The third-order valence-corrected chi connectivity index (χ3v) is 2.94. The molecule has 0 radical (unpaired) electrons. The van der Waals surface area contributed by atoms with Crippen molar-refractivity contribution in [2.45, 2.75) is 32.7 Å². The summed E-state index contributed by atoms with van der Waals surface area (Å²) in [4.78, 5) is 4.79. The first-order valence-corrected chi connectivity index (χ1v) is 6.02. The van der Waals surface area contributed by atoms with Crippen LogP contribution in [0.3, 0.4) is 0 Å². The van der Waals surface area contributed by atoms with E-state index in [1.165, 1.54) is 25.9 Å². The molecule has 1 aliphatic rings. The van der Waals surface area contributed by atoms with Gasteiger partial charge in [-0.2, -0.15) is 0 Å². The zero-order chi connectivity index (χ0) is 11.5. The Balaban J connectivity index is 2.38. The molecule has 0 aromatic heterocycles. The molecule has 1 aliphatic heterocycles. The maximum absolute atomic E-state index is 5.99. The lowest BCUT2D eigenvalue weighted by atomic mass is 9.91. The van der Waals surface area contributed by atoms with Crippen LogP contribution < -0.4 is 5.73 Å². The zero-order valence-electron chi connectivity index (χ0n) is 10.8. The number of nitrogens with zero attached hydrogens (tertiary/aromatic N) is 2. The van der Waals surface area contributed by atoms with Gasteiger partial charge in [-0.15, -0.1) is 0 Å². The van der Waals surface area contributed by atoms with Crippen molar-refractivity contribution in [1.29, 1.82) is 0 Å². The topological polar surface area (TPSA) is 32.5 Å². The maximum Gasteiger partial charge on any atom is 0.0168 e. The molecule has 0 spiro atoms. The summed E-state index contributed by atoms with van der Waals surface area (Å²) in [6.07, 6.45) is 2.46. The first-order valence-electron chi connectivity index (χ1n) is 6.02. The highest BCUT2D eigenvalue weighted by atomic mass is 15.2. The summed E-state index contributed by atoms with van der Waals surface area (Å²) in [6.45, 7) is 9.29.